The summed E-state index contributed by atoms with van der Waals surface area (Å²) in [5.74, 6) is 0.0248. The topological polar surface area (TPSA) is 114 Å². The van der Waals surface area contributed by atoms with Crippen LogP contribution < -0.4 is 10.0 Å². The van der Waals surface area contributed by atoms with Gasteiger partial charge in [0.15, 0.2) is 0 Å². The van der Waals surface area contributed by atoms with Gasteiger partial charge in [0.2, 0.25) is 15.9 Å². The van der Waals surface area contributed by atoms with Crippen LogP contribution in [0.1, 0.15) is 39.0 Å². The summed E-state index contributed by atoms with van der Waals surface area (Å²) in [7, 11) is -3.20. The average molecular weight is 378 g/mol. The van der Waals surface area contributed by atoms with Gasteiger partial charge in [-0.05, 0) is 39.0 Å². The molecule has 146 valence electrons. The maximum Gasteiger partial charge on any atom is 0.223 e. The molecule has 25 heavy (non-hydrogen) atoms. The van der Waals surface area contributed by atoms with Gasteiger partial charge in [-0.15, -0.1) is 0 Å². The molecular formula is C16H30N2O6S. The first kappa shape index (κ1) is 20.6. The van der Waals surface area contributed by atoms with E-state index < -0.39 is 16.1 Å². The molecular weight excluding hydrogens is 348 g/mol. The predicted octanol–water partition coefficient (Wildman–Crippen LogP) is -0.233. The Bertz CT molecular complexity index is 521. The molecule has 0 radical (unpaired) electrons. The Morgan fingerprint density at radius 1 is 1.20 bits per heavy atom. The smallest absolute Gasteiger partial charge is 0.223 e. The van der Waals surface area contributed by atoms with E-state index >= 15 is 0 Å². The Kier molecular flexibility index (Phi) is 8.08. The van der Waals surface area contributed by atoms with E-state index in [1.54, 1.807) is 6.92 Å². The number of ether oxygens (including phenoxy) is 2. The van der Waals surface area contributed by atoms with Crippen LogP contribution in [0.15, 0.2) is 0 Å². The van der Waals surface area contributed by atoms with E-state index in [0.717, 1.165) is 19.3 Å². The number of aliphatic hydroxyl groups excluding tert-OH is 1. The van der Waals surface area contributed by atoms with Crippen LogP contribution in [0.3, 0.4) is 0 Å². The fourth-order valence-electron chi connectivity index (χ4n) is 3.25. The number of aliphatic hydroxyl groups is 1. The molecule has 2 aliphatic heterocycles. The number of nitrogens with one attached hydrogen (secondary N) is 2. The highest BCUT2D eigenvalue weighted by molar-refractivity contribution is 7.89. The molecule has 0 aromatic carbocycles. The van der Waals surface area contributed by atoms with Gasteiger partial charge in [-0.25, -0.2) is 13.1 Å². The molecule has 0 aromatic heterocycles. The van der Waals surface area contributed by atoms with Gasteiger partial charge in [0, 0.05) is 25.7 Å². The summed E-state index contributed by atoms with van der Waals surface area (Å²) >= 11 is 0. The average Bonchev–Trinajstić information content (AvgIpc) is 2.63. The first-order chi connectivity index (χ1) is 11.9. The van der Waals surface area contributed by atoms with Crippen molar-refractivity contribution in [2.45, 2.75) is 57.3 Å². The fourth-order valence-corrected chi connectivity index (χ4v) is 3.88. The van der Waals surface area contributed by atoms with Gasteiger partial charge in [-0.3, -0.25) is 4.79 Å². The first-order valence-corrected chi connectivity index (χ1v) is 10.7. The number of rotatable bonds is 8. The van der Waals surface area contributed by atoms with Crippen LogP contribution in [-0.4, -0.2) is 69.8 Å². The van der Waals surface area contributed by atoms with Crippen molar-refractivity contribution in [1.29, 1.82) is 0 Å². The summed E-state index contributed by atoms with van der Waals surface area (Å²) in [6.45, 7) is 2.96. The van der Waals surface area contributed by atoms with Crippen LogP contribution in [0.2, 0.25) is 0 Å². The lowest BCUT2D eigenvalue weighted by atomic mass is 9.94. The third kappa shape index (κ3) is 6.49. The monoisotopic (exact) mass is 378 g/mol. The van der Waals surface area contributed by atoms with Crippen molar-refractivity contribution in [3.63, 3.8) is 0 Å². The third-order valence-electron chi connectivity index (χ3n) is 4.88. The molecule has 2 heterocycles. The third-order valence-corrected chi connectivity index (χ3v) is 6.29. The summed E-state index contributed by atoms with van der Waals surface area (Å²) in [5, 5.41) is 12.6. The van der Waals surface area contributed by atoms with E-state index in [1.165, 1.54) is 0 Å². The number of amides is 1. The number of carbonyl (C=O) groups excluding carboxylic acids is 1. The lowest BCUT2D eigenvalue weighted by molar-refractivity contribution is -0.134. The second-order valence-corrected chi connectivity index (χ2v) is 8.74. The number of hydrogen-bond donors (Lipinski definition) is 3. The second kappa shape index (κ2) is 9.82. The quantitative estimate of drug-likeness (QED) is 0.537. The molecule has 3 N–H and O–H groups in total. The molecule has 0 unspecified atom stereocenters. The molecule has 0 aromatic rings. The van der Waals surface area contributed by atoms with E-state index in [9.17, 15) is 18.3 Å². The molecule has 8 nitrogen and oxygen atoms in total. The number of sulfonamides is 1. The molecule has 2 fully saturated rings. The molecule has 1 amide bonds. The van der Waals surface area contributed by atoms with Gasteiger partial charge in [-0.1, -0.05) is 0 Å². The summed E-state index contributed by atoms with van der Waals surface area (Å²) in [4.78, 5) is 12.3. The van der Waals surface area contributed by atoms with Crippen LogP contribution in [0.4, 0.5) is 0 Å². The van der Waals surface area contributed by atoms with E-state index in [0.29, 0.717) is 32.6 Å². The molecule has 9 heteroatoms. The second-order valence-electron chi connectivity index (χ2n) is 6.64. The maximum atomic E-state index is 12.3. The van der Waals surface area contributed by atoms with Crippen LogP contribution in [0.25, 0.3) is 0 Å². The zero-order chi connectivity index (χ0) is 18.3. The minimum absolute atomic E-state index is 0.00417. The molecule has 3 atom stereocenters. The highest BCUT2D eigenvalue weighted by atomic mass is 32.2. The molecule has 0 aliphatic carbocycles. The van der Waals surface area contributed by atoms with Gasteiger partial charge in [0.05, 0.1) is 24.5 Å². The first-order valence-electron chi connectivity index (χ1n) is 9.07. The summed E-state index contributed by atoms with van der Waals surface area (Å²) in [5.41, 5.74) is 0. The maximum absolute atomic E-state index is 12.3. The summed E-state index contributed by atoms with van der Waals surface area (Å²) in [6, 6.07) is -0.205. The van der Waals surface area contributed by atoms with Crippen molar-refractivity contribution >= 4 is 15.9 Å². The van der Waals surface area contributed by atoms with Crippen LogP contribution in [-0.2, 0) is 24.3 Å². The molecule has 2 saturated heterocycles. The van der Waals surface area contributed by atoms with E-state index in [-0.39, 0.29) is 36.3 Å². The van der Waals surface area contributed by atoms with Gasteiger partial charge < -0.3 is 19.9 Å². The Labute approximate surface area is 149 Å². The molecule has 0 saturated carbocycles. The van der Waals surface area contributed by atoms with Crippen LogP contribution in [0.5, 0.6) is 0 Å². The zero-order valence-electron chi connectivity index (χ0n) is 14.8. The minimum atomic E-state index is -3.20. The highest BCUT2D eigenvalue weighted by Crippen LogP contribution is 2.23. The summed E-state index contributed by atoms with van der Waals surface area (Å²) in [6.07, 6.45) is 2.87. The Morgan fingerprint density at radius 2 is 1.92 bits per heavy atom. The van der Waals surface area contributed by atoms with Gasteiger partial charge >= 0.3 is 0 Å². The lowest BCUT2D eigenvalue weighted by Crippen LogP contribution is -2.52. The van der Waals surface area contributed by atoms with Crippen molar-refractivity contribution in [1.82, 2.24) is 10.0 Å². The van der Waals surface area contributed by atoms with Crippen molar-refractivity contribution in [2.24, 2.45) is 5.92 Å². The van der Waals surface area contributed by atoms with Gasteiger partial charge in [0.1, 0.15) is 6.10 Å². The predicted molar refractivity (Wildman–Crippen MR) is 92.5 cm³/mol. The van der Waals surface area contributed by atoms with Crippen molar-refractivity contribution in [3.05, 3.63) is 0 Å². The highest BCUT2D eigenvalue weighted by Gasteiger charge is 2.33. The molecule has 2 aliphatic rings. The Balaban J connectivity index is 1.77. The SMILES string of the molecule is CCS(=O)(=O)NCC[C@H]1CC[C@H](NC(=O)C2CCOCC2)[C@H](CO)O1. The largest absolute Gasteiger partial charge is 0.394 e. The Morgan fingerprint density at radius 3 is 2.56 bits per heavy atom. The van der Waals surface area contributed by atoms with Crippen molar-refractivity contribution in [2.75, 3.05) is 32.1 Å². The standard InChI is InChI=1S/C16H30N2O6S/c1-2-25(21,22)17-8-5-13-3-4-14(15(11-19)24-13)18-16(20)12-6-9-23-10-7-12/h12-15,17,19H,2-11H2,1H3,(H,18,20)/t13-,14+,15+/m1/s1. The molecule has 0 bridgehead atoms. The lowest BCUT2D eigenvalue weighted by Gasteiger charge is -2.37. The molecule has 0 spiro atoms. The molecule has 2 rings (SSSR count). The normalized spacial score (nSPS) is 28.6. The van der Waals surface area contributed by atoms with Crippen molar-refractivity contribution < 1.29 is 27.8 Å². The van der Waals surface area contributed by atoms with Gasteiger partial charge in [-0.2, -0.15) is 0 Å². The Hall–Kier alpha value is -0.740. The number of carbonyl (C=O) groups is 1. The van der Waals surface area contributed by atoms with Crippen LogP contribution >= 0.6 is 0 Å². The van der Waals surface area contributed by atoms with Crippen LogP contribution in [0, 0.1) is 5.92 Å². The van der Waals surface area contributed by atoms with Gasteiger partial charge in [0.25, 0.3) is 0 Å². The summed E-state index contributed by atoms with van der Waals surface area (Å²) < 4.78 is 36.5. The van der Waals surface area contributed by atoms with E-state index in [4.69, 9.17) is 9.47 Å². The van der Waals surface area contributed by atoms with Crippen molar-refractivity contribution in [3.8, 4) is 0 Å². The number of hydrogen-bond acceptors (Lipinski definition) is 6. The van der Waals surface area contributed by atoms with E-state index in [2.05, 4.69) is 10.0 Å². The minimum Gasteiger partial charge on any atom is -0.394 e. The zero-order valence-corrected chi connectivity index (χ0v) is 15.6. The van der Waals surface area contributed by atoms with E-state index in [1.807, 2.05) is 0 Å². The fraction of sp³-hybridized carbons (Fsp3) is 0.938.